The molecule has 4 rings (SSSR count). The highest BCUT2D eigenvalue weighted by atomic mass is 35.5. The predicted molar refractivity (Wildman–Crippen MR) is 149 cm³/mol. The molecule has 4 aromatic carbocycles. The maximum atomic E-state index is 12.7. The Bertz CT molecular complexity index is 1520. The maximum absolute atomic E-state index is 12.7. The van der Waals surface area contributed by atoms with Gasteiger partial charge in [0.15, 0.2) is 11.5 Å². The Morgan fingerprint density at radius 1 is 1.03 bits per heavy atom. The maximum Gasteiger partial charge on any atom is 0.266 e. The van der Waals surface area contributed by atoms with Crippen LogP contribution in [0.15, 0.2) is 78.4 Å². The van der Waals surface area contributed by atoms with Crippen molar-refractivity contribution < 1.29 is 14.3 Å². The van der Waals surface area contributed by atoms with Crippen LogP contribution in [0.2, 0.25) is 10.0 Å². The van der Waals surface area contributed by atoms with Gasteiger partial charge < -0.3 is 14.8 Å². The molecular formula is C30H24Cl2N2O3. The first-order valence-electron chi connectivity index (χ1n) is 11.6. The van der Waals surface area contributed by atoms with Crippen molar-refractivity contribution in [1.82, 2.24) is 0 Å². The Kier molecular flexibility index (Phi) is 8.35. The van der Waals surface area contributed by atoms with Crippen molar-refractivity contribution in [3.05, 3.63) is 105 Å². The Balaban J connectivity index is 1.61. The third kappa shape index (κ3) is 6.24. The van der Waals surface area contributed by atoms with Crippen molar-refractivity contribution in [1.29, 1.82) is 5.26 Å². The molecule has 0 aromatic heterocycles. The number of rotatable bonds is 8. The Morgan fingerprint density at radius 2 is 1.78 bits per heavy atom. The fourth-order valence-corrected chi connectivity index (χ4v) is 4.30. The molecule has 0 heterocycles. The van der Waals surface area contributed by atoms with E-state index in [4.69, 9.17) is 32.7 Å². The monoisotopic (exact) mass is 530 g/mol. The molecular weight excluding hydrogens is 507 g/mol. The third-order valence-corrected chi connectivity index (χ3v) is 6.28. The fraction of sp³-hybridized carbons (Fsp3) is 0.133. The largest absolute Gasteiger partial charge is 0.490 e. The zero-order valence-corrected chi connectivity index (χ0v) is 21.9. The topological polar surface area (TPSA) is 71.3 Å². The highest BCUT2D eigenvalue weighted by molar-refractivity contribution is 6.32. The predicted octanol–water partition coefficient (Wildman–Crippen LogP) is 7.98. The number of carbonyl (C=O) groups is 1. The van der Waals surface area contributed by atoms with Gasteiger partial charge in [0.25, 0.3) is 5.91 Å². The number of ether oxygens (including phenoxy) is 2. The number of anilines is 1. The van der Waals surface area contributed by atoms with E-state index in [0.29, 0.717) is 46.0 Å². The number of carbonyl (C=O) groups excluding carboxylic acids is 1. The average Bonchev–Trinajstić information content (AvgIpc) is 2.89. The van der Waals surface area contributed by atoms with Crippen molar-refractivity contribution in [3.8, 4) is 17.6 Å². The molecule has 0 atom stereocenters. The number of nitrogens with one attached hydrogen (secondary N) is 1. The number of hydrogen-bond donors (Lipinski definition) is 1. The zero-order valence-electron chi connectivity index (χ0n) is 20.3. The second kappa shape index (κ2) is 11.8. The molecule has 7 heteroatoms. The van der Waals surface area contributed by atoms with Crippen LogP contribution in [-0.4, -0.2) is 12.5 Å². The molecule has 0 aliphatic heterocycles. The second-order valence-corrected chi connectivity index (χ2v) is 9.11. The first kappa shape index (κ1) is 26.1. The van der Waals surface area contributed by atoms with Gasteiger partial charge in [-0.1, -0.05) is 59.6 Å². The summed E-state index contributed by atoms with van der Waals surface area (Å²) >= 11 is 12.5. The van der Waals surface area contributed by atoms with Crippen LogP contribution >= 0.6 is 23.2 Å². The number of amides is 1. The molecule has 0 unspecified atom stereocenters. The van der Waals surface area contributed by atoms with E-state index in [1.807, 2.05) is 32.0 Å². The minimum atomic E-state index is -0.550. The Hall–Kier alpha value is -3.98. The lowest BCUT2D eigenvalue weighted by atomic mass is 10.0. The van der Waals surface area contributed by atoms with E-state index in [-0.39, 0.29) is 5.57 Å². The molecule has 186 valence electrons. The first-order valence-corrected chi connectivity index (χ1v) is 12.4. The SMILES string of the molecule is CCOc1cc(/C=C(\C#N)C(=O)Nc2ccc(Cl)cc2)cc(Cl)c1OCc1c(C)ccc2ccccc12. The molecule has 0 bridgehead atoms. The molecule has 4 aromatic rings. The average molecular weight is 531 g/mol. The summed E-state index contributed by atoms with van der Waals surface area (Å²) in [5, 5.41) is 15.4. The summed E-state index contributed by atoms with van der Waals surface area (Å²) in [5.41, 5.74) is 3.14. The van der Waals surface area contributed by atoms with Gasteiger partial charge in [-0.2, -0.15) is 5.26 Å². The fourth-order valence-electron chi connectivity index (χ4n) is 3.90. The lowest BCUT2D eigenvalue weighted by molar-refractivity contribution is -0.112. The van der Waals surface area contributed by atoms with Gasteiger partial charge in [0, 0.05) is 16.3 Å². The smallest absolute Gasteiger partial charge is 0.266 e. The summed E-state index contributed by atoms with van der Waals surface area (Å²) in [6, 6.07) is 24.2. The number of aryl methyl sites for hydroxylation is 1. The summed E-state index contributed by atoms with van der Waals surface area (Å²) in [7, 11) is 0. The summed E-state index contributed by atoms with van der Waals surface area (Å²) in [5.74, 6) is 0.275. The number of halogens is 2. The number of benzene rings is 4. The van der Waals surface area contributed by atoms with Crippen LogP contribution in [0.3, 0.4) is 0 Å². The van der Waals surface area contributed by atoms with Crippen LogP contribution in [-0.2, 0) is 11.4 Å². The third-order valence-electron chi connectivity index (χ3n) is 5.75. The van der Waals surface area contributed by atoms with Crippen LogP contribution < -0.4 is 14.8 Å². The normalized spacial score (nSPS) is 11.2. The molecule has 0 radical (unpaired) electrons. The van der Waals surface area contributed by atoms with Gasteiger partial charge in [0.1, 0.15) is 18.2 Å². The van der Waals surface area contributed by atoms with Gasteiger partial charge in [0.05, 0.1) is 11.6 Å². The van der Waals surface area contributed by atoms with Crippen LogP contribution in [0, 0.1) is 18.3 Å². The molecule has 0 saturated heterocycles. The van der Waals surface area contributed by atoms with E-state index in [1.54, 1.807) is 36.4 Å². The van der Waals surface area contributed by atoms with Crippen LogP contribution in [0.4, 0.5) is 5.69 Å². The van der Waals surface area contributed by atoms with E-state index in [0.717, 1.165) is 21.9 Å². The molecule has 5 nitrogen and oxygen atoms in total. The highest BCUT2D eigenvalue weighted by Gasteiger charge is 2.16. The summed E-state index contributed by atoms with van der Waals surface area (Å²) < 4.78 is 12.0. The summed E-state index contributed by atoms with van der Waals surface area (Å²) in [4.78, 5) is 12.7. The van der Waals surface area contributed by atoms with Gasteiger partial charge in [-0.25, -0.2) is 0 Å². The molecule has 0 saturated carbocycles. The molecule has 1 amide bonds. The summed E-state index contributed by atoms with van der Waals surface area (Å²) in [6.45, 7) is 4.59. The van der Waals surface area contributed by atoms with Crippen molar-refractivity contribution >= 4 is 51.6 Å². The summed E-state index contributed by atoms with van der Waals surface area (Å²) in [6.07, 6.45) is 1.46. The van der Waals surface area contributed by atoms with Crippen LogP contribution in [0.1, 0.15) is 23.6 Å². The van der Waals surface area contributed by atoms with Crippen LogP contribution in [0.25, 0.3) is 16.8 Å². The van der Waals surface area contributed by atoms with Gasteiger partial charge in [-0.3, -0.25) is 4.79 Å². The Labute approximate surface area is 225 Å². The van der Waals surface area contributed by atoms with Gasteiger partial charge in [0.2, 0.25) is 0 Å². The number of fused-ring (bicyclic) bond motifs is 1. The minimum Gasteiger partial charge on any atom is -0.490 e. The van der Waals surface area contributed by atoms with E-state index >= 15 is 0 Å². The second-order valence-electron chi connectivity index (χ2n) is 8.26. The van der Waals surface area contributed by atoms with Crippen molar-refractivity contribution in [2.24, 2.45) is 0 Å². The van der Waals surface area contributed by atoms with Gasteiger partial charge >= 0.3 is 0 Å². The van der Waals surface area contributed by atoms with Crippen molar-refractivity contribution in [2.75, 3.05) is 11.9 Å². The number of nitrogens with zero attached hydrogens (tertiary/aromatic N) is 1. The van der Waals surface area contributed by atoms with Gasteiger partial charge in [-0.15, -0.1) is 0 Å². The lowest BCUT2D eigenvalue weighted by Gasteiger charge is -2.16. The van der Waals surface area contributed by atoms with E-state index in [2.05, 4.69) is 29.6 Å². The standard InChI is InChI=1S/C30H24Cl2N2O3/c1-3-36-28-16-20(14-22(17-33)30(35)34-24-12-10-23(31)11-13-24)15-27(32)29(28)37-18-26-19(2)8-9-21-6-4-5-7-25(21)26/h4-16H,3,18H2,1-2H3,(H,34,35)/b22-14+. The Morgan fingerprint density at radius 3 is 2.51 bits per heavy atom. The number of nitriles is 1. The van der Waals surface area contributed by atoms with E-state index in [1.165, 1.54) is 6.08 Å². The number of hydrogen-bond acceptors (Lipinski definition) is 4. The lowest BCUT2D eigenvalue weighted by Crippen LogP contribution is -2.13. The molecule has 0 aliphatic rings. The van der Waals surface area contributed by atoms with Gasteiger partial charge in [-0.05, 0) is 78.2 Å². The molecule has 37 heavy (non-hydrogen) atoms. The molecule has 0 aliphatic carbocycles. The van der Waals surface area contributed by atoms with E-state index < -0.39 is 5.91 Å². The van der Waals surface area contributed by atoms with Crippen molar-refractivity contribution in [3.63, 3.8) is 0 Å². The first-order chi connectivity index (χ1) is 17.9. The molecule has 0 spiro atoms. The molecule has 1 N–H and O–H groups in total. The van der Waals surface area contributed by atoms with Crippen LogP contribution in [0.5, 0.6) is 11.5 Å². The highest BCUT2D eigenvalue weighted by Crippen LogP contribution is 2.38. The molecule has 0 fully saturated rings. The zero-order chi connectivity index (χ0) is 26.4. The van der Waals surface area contributed by atoms with E-state index in [9.17, 15) is 10.1 Å². The van der Waals surface area contributed by atoms with Crippen molar-refractivity contribution in [2.45, 2.75) is 20.5 Å². The minimum absolute atomic E-state index is 0.0893. The quantitative estimate of drug-likeness (QED) is 0.185.